The molecule has 2 aliphatic carbocycles. The molecule has 1 saturated carbocycles. The van der Waals surface area contributed by atoms with Gasteiger partial charge in [-0.3, -0.25) is 4.79 Å². The first-order chi connectivity index (χ1) is 18.9. The highest BCUT2D eigenvalue weighted by atomic mass is 16.5. The Balaban J connectivity index is 1.06. The first-order valence-electron chi connectivity index (χ1n) is 13.2. The number of fused-ring (bicyclic) bond motifs is 3. The second-order valence-corrected chi connectivity index (χ2v) is 10.1. The molecular formula is C31H32N2O6. The van der Waals surface area contributed by atoms with Crippen LogP contribution in [-0.2, 0) is 25.7 Å². The number of carboxylic acids is 1. The van der Waals surface area contributed by atoms with Crippen molar-refractivity contribution in [1.82, 2.24) is 10.6 Å². The van der Waals surface area contributed by atoms with Crippen LogP contribution in [0.25, 0.3) is 11.1 Å². The fourth-order valence-corrected chi connectivity index (χ4v) is 5.20. The van der Waals surface area contributed by atoms with E-state index < -0.39 is 24.2 Å². The standard InChI is InChI=1S/C31H32N2O6/c1-19(38-17-20-9-3-2-4-10-20)28(30(35)36)33-29(34)26-15-21(26)16-32-31(37)39-18-27-24-13-7-5-11-22(24)23-12-6-8-14-25(23)27/h2-14,19,21,26-28H,15-18H2,1H3,(H,32,37)(H,33,34)(H,35,36). The van der Waals surface area contributed by atoms with Gasteiger partial charge in [-0.05, 0) is 47.1 Å². The Kier molecular flexibility index (Phi) is 7.93. The molecule has 202 valence electrons. The maximum atomic E-state index is 12.7. The molecule has 39 heavy (non-hydrogen) atoms. The van der Waals surface area contributed by atoms with Crippen LogP contribution in [0.15, 0.2) is 78.9 Å². The molecule has 0 radical (unpaired) electrons. The average molecular weight is 529 g/mol. The summed E-state index contributed by atoms with van der Waals surface area (Å²) < 4.78 is 11.3. The predicted molar refractivity (Wildman–Crippen MR) is 145 cm³/mol. The topological polar surface area (TPSA) is 114 Å². The third-order valence-electron chi connectivity index (χ3n) is 7.50. The van der Waals surface area contributed by atoms with Gasteiger partial charge in [0.2, 0.25) is 5.91 Å². The summed E-state index contributed by atoms with van der Waals surface area (Å²) in [7, 11) is 0. The molecule has 0 spiro atoms. The lowest BCUT2D eigenvalue weighted by Crippen LogP contribution is -2.49. The first-order valence-corrected chi connectivity index (χ1v) is 13.2. The van der Waals surface area contributed by atoms with Crippen molar-refractivity contribution >= 4 is 18.0 Å². The lowest BCUT2D eigenvalue weighted by atomic mass is 9.98. The molecule has 3 N–H and O–H groups in total. The van der Waals surface area contributed by atoms with Crippen LogP contribution >= 0.6 is 0 Å². The number of carbonyl (C=O) groups excluding carboxylic acids is 2. The van der Waals surface area contributed by atoms with Gasteiger partial charge >= 0.3 is 12.1 Å². The summed E-state index contributed by atoms with van der Waals surface area (Å²) in [6.07, 6.45) is -0.682. The van der Waals surface area contributed by atoms with Crippen molar-refractivity contribution in [3.63, 3.8) is 0 Å². The van der Waals surface area contributed by atoms with Crippen LogP contribution in [-0.4, -0.2) is 48.4 Å². The van der Waals surface area contributed by atoms with Gasteiger partial charge in [0, 0.05) is 18.4 Å². The number of nitrogens with one attached hydrogen (secondary N) is 2. The largest absolute Gasteiger partial charge is 0.480 e. The summed E-state index contributed by atoms with van der Waals surface area (Å²) in [5, 5.41) is 15.0. The zero-order valence-electron chi connectivity index (χ0n) is 21.7. The molecule has 3 aromatic rings. The third-order valence-corrected chi connectivity index (χ3v) is 7.50. The summed E-state index contributed by atoms with van der Waals surface area (Å²) in [5.74, 6) is -1.96. The Bertz CT molecular complexity index is 1300. The van der Waals surface area contributed by atoms with Crippen molar-refractivity contribution < 1.29 is 29.0 Å². The minimum Gasteiger partial charge on any atom is -0.480 e. The van der Waals surface area contributed by atoms with E-state index in [1.54, 1.807) is 6.92 Å². The second kappa shape index (κ2) is 11.7. The molecule has 5 rings (SSSR count). The number of amides is 2. The van der Waals surface area contributed by atoms with E-state index in [-0.39, 0.29) is 43.4 Å². The van der Waals surface area contributed by atoms with E-state index in [9.17, 15) is 19.5 Å². The van der Waals surface area contributed by atoms with Gasteiger partial charge in [-0.15, -0.1) is 0 Å². The zero-order chi connectivity index (χ0) is 27.4. The van der Waals surface area contributed by atoms with Gasteiger partial charge in [0.25, 0.3) is 0 Å². The van der Waals surface area contributed by atoms with Crippen LogP contribution in [0, 0.1) is 11.8 Å². The number of carbonyl (C=O) groups is 3. The number of benzene rings is 3. The molecule has 3 aromatic carbocycles. The monoisotopic (exact) mass is 528 g/mol. The number of ether oxygens (including phenoxy) is 2. The maximum absolute atomic E-state index is 12.7. The SMILES string of the molecule is CC(OCc1ccccc1)C(NC(=O)C1CC1CNC(=O)OCC1c2ccccc2-c2ccccc21)C(=O)O. The Hall–Kier alpha value is -4.17. The van der Waals surface area contributed by atoms with E-state index in [0.29, 0.717) is 6.42 Å². The van der Waals surface area contributed by atoms with Gasteiger partial charge in [-0.25, -0.2) is 9.59 Å². The molecule has 2 aliphatic rings. The summed E-state index contributed by atoms with van der Waals surface area (Å²) in [5.41, 5.74) is 5.52. The summed E-state index contributed by atoms with van der Waals surface area (Å²) in [6, 6.07) is 24.5. The highest BCUT2D eigenvalue weighted by molar-refractivity contribution is 5.87. The number of hydrogen-bond acceptors (Lipinski definition) is 5. The van der Waals surface area contributed by atoms with Crippen molar-refractivity contribution in [2.24, 2.45) is 11.8 Å². The van der Waals surface area contributed by atoms with Crippen molar-refractivity contribution in [1.29, 1.82) is 0 Å². The molecule has 0 aromatic heterocycles. The number of rotatable bonds is 11. The summed E-state index contributed by atoms with van der Waals surface area (Å²) >= 11 is 0. The minimum atomic E-state index is -1.17. The lowest BCUT2D eigenvalue weighted by Gasteiger charge is -2.22. The van der Waals surface area contributed by atoms with Crippen molar-refractivity contribution in [2.45, 2.75) is 38.0 Å². The van der Waals surface area contributed by atoms with Crippen LogP contribution < -0.4 is 10.6 Å². The van der Waals surface area contributed by atoms with E-state index in [1.165, 1.54) is 0 Å². The molecule has 0 bridgehead atoms. The molecule has 8 nitrogen and oxygen atoms in total. The average Bonchev–Trinajstić information content (AvgIpc) is 3.67. The van der Waals surface area contributed by atoms with Crippen LogP contribution in [0.5, 0.6) is 0 Å². The smallest absolute Gasteiger partial charge is 0.407 e. The fourth-order valence-electron chi connectivity index (χ4n) is 5.20. The molecule has 4 atom stereocenters. The van der Waals surface area contributed by atoms with E-state index in [2.05, 4.69) is 34.9 Å². The number of carboxylic acid groups (broad SMARTS) is 1. The van der Waals surface area contributed by atoms with E-state index in [4.69, 9.17) is 9.47 Å². The van der Waals surface area contributed by atoms with Crippen LogP contribution in [0.4, 0.5) is 4.79 Å². The quantitative estimate of drug-likeness (QED) is 0.341. The summed E-state index contributed by atoms with van der Waals surface area (Å²) in [4.78, 5) is 37.0. The van der Waals surface area contributed by atoms with Crippen molar-refractivity contribution in [2.75, 3.05) is 13.2 Å². The molecule has 0 saturated heterocycles. The summed E-state index contributed by atoms with van der Waals surface area (Å²) in [6.45, 7) is 2.38. The zero-order valence-corrected chi connectivity index (χ0v) is 21.7. The van der Waals surface area contributed by atoms with Gasteiger partial charge in [0.05, 0.1) is 12.7 Å². The maximum Gasteiger partial charge on any atom is 0.407 e. The van der Waals surface area contributed by atoms with Gasteiger partial charge in [0.15, 0.2) is 6.04 Å². The van der Waals surface area contributed by atoms with E-state index in [1.807, 2.05) is 54.6 Å². The highest BCUT2D eigenvalue weighted by Crippen LogP contribution is 2.44. The normalized spacial score (nSPS) is 18.8. The Morgan fingerprint density at radius 2 is 1.54 bits per heavy atom. The molecule has 0 heterocycles. The second-order valence-electron chi connectivity index (χ2n) is 10.1. The minimum absolute atomic E-state index is 0.0262. The Morgan fingerprint density at radius 3 is 2.18 bits per heavy atom. The number of alkyl carbamates (subject to hydrolysis) is 1. The van der Waals surface area contributed by atoms with E-state index in [0.717, 1.165) is 27.8 Å². The predicted octanol–water partition coefficient (Wildman–Crippen LogP) is 4.34. The highest BCUT2D eigenvalue weighted by Gasteiger charge is 2.44. The number of hydrogen-bond donors (Lipinski definition) is 3. The van der Waals surface area contributed by atoms with Crippen LogP contribution in [0.2, 0.25) is 0 Å². The van der Waals surface area contributed by atoms with Gasteiger partial charge < -0.3 is 25.2 Å². The third kappa shape index (κ3) is 6.12. The van der Waals surface area contributed by atoms with Gasteiger partial charge in [-0.2, -0.15) is 0 Å². The molecule has 4 unspecified atom stereocenters. The van der Waals surface area contributed by atoms with Gasteiger partial charge in [-0.1, -0.05) is 78.9 Å². The lowest BCUT2D eigenvalue weighted by molar-refractivity contribution is -0.146. The molecule has 2 amide bonds. The molecule has 0 aliphatic heterocycles. The van der Waals surface area contributed by atoms with Crippen molar-refractivity contribution in [3.8, 4) is 11.1 Å². The molecule has 8 heteroatoms. The molecular weight excluding hydrogens is 496 g/mol. The van der Waals surface area contributed by atoms with E-state index >= 15 is 0 Å². The number of aliphatic carboxylic acids is 1. The Labute approximate surface area is 227 Å². The Morgan fingerprint density at radius 1 is 0.923 bits per heavy atom. The van der Waals surface area contributed by atoms with Crippen molar-refractivity contribution in [3.05, 3.63) is 95.6 Å². The van der Waals surface area contributed by atoms with Crippen LogP contribution in [0.3, 0.4) is 0 Å². The fraction of sp³-hybridized carbons (Fsp3) is 0.323. The first kappa shape index (κ1) is 26.4. The van der Waals surface area contributed by atoms with Crippen LogP contribution in [0.1, 0.15) is 36.0 Å². The van der Waals surface area contributed by atoms with Gasteiger partial charge in [0.1, 0.15) is 6.61 Å². The molecule has 1 fully saturated rings.